The molecule has 1 aromatic carbocycles. The quantitative estimate of drug-likeness (QED) is 0.518. The molecule has 3 heteroatoms. The van der Waals surface area contributed by atoms with Gasteiger partial charge in [-0.1, -0.05) is 30.3 Å². The van der Waals surface area contributed by atoms with Gasteiger partial charge in [0.15, 0.2) is 0 Å². The van der Waals surface area contributed by atoms with Crippen molar-refractivity contribution < 1.29 is 0 Å². The van der Waals surface area contributed by atoms with E-state index >= 15 is 0 Å². The smallest absolute Gasteiger partial charge is 0.145 e. The molecule has 0 unspecified atom stereocenters. The van der Waals surface area contributed by atoms with Crippen molar-refractivity contribution in [3.63, 3.8) is 0 Å². The Balaban J connectivity index is 1.84. The second kappa shape index (κ2) is 4.62. The first-order valence-corrected chi connectivity index (χ1v) is 7.36. The predicted molar refractivity (Wildman–Crippen MR) is 85.9 cm³/mol. The summed E-state index contributed by atoms with van der Waals surface area (Å²) in [5.74, 6) is 0. The van der Waals surface area contributed by atoms with E-state index in [0.29, 0.717) is 0 Å². The topological polar surface area (TPSA) is 17.3 Å². The number of benzene rings is 1. The summed E-state index contributed by atoms with van der Waals surface area (Å²) in [5, 5.41) is 4.49. The molecule has 0 aliphatic heterocycles. The van der Waals surface area contributed by atoms with Crippen LogP contribution in [0.5, 0.6) is 0 Å². The summed E-state index contributed by atoms with van der Waals surface area (Å²) in [6.45, 7) is 0. The lowest BCUT2D eigenvalue weighted by molar-refractivity contribution is 1.20. The molecule has 0 saturated carbocycles. The van der Waals surface area contributed by atoms with Crippen LogP contribution in [0.25, 0.3) is 28.6 Å². The van der Waals surface area contributed by atoms with Crippen molar-refractivity contribution in [3.8, 4) is 0 Å². The van der Waals surface area contributed by atoms with E-state index in [4.69, 9.17) is 4.98 Å². The van der Waals surface area contributed by atoms with Crippen molar-refractivity contribution in [2.75, 3.05) is 0 Å². The number of imidazole rings is 1. The van der Waals surface area contributed by atoms with Gasteiger partial charge >= 0.3 is 0 Å². The SMILES string of the molecule is C(=C\c1cccs1)/c1cn2ccc3ccccc3c2n1. The molecule has 3 heterocycles. The summed E-state index contributed by atoms with van der Waals surface area (Å²) < 4.78 is 2.08. The maximum atomic E-state index is 4.72. The van der Waals surface area contributed by atoms with Crippen LogP contribution in [-0.4, -0.2) is 9.38 Å². The molecule has 0 saturated heterocycles. The fourth-order valence-electron chi connectivity index (χ4n) is 2.37. The lowest BCUT2D eigenvalue weighted by Gasteiger charge is -1.98. The van der Waals surface area contributed by atoms with Gasteiger partial charge in [-0.2, -0.15) is 0 Å². The molecule has 0 aliphatic rings. The van der Waals surface area contributed by atoms with Crippen molar-refractivity contribution in [2.24, 2.45) is 0 Å². The van der Waals surface area contributed by atoms with Gasteiger partial charge in [0.25, 0.3) is 0 Å². The monoisotopic (exact) mass is 276 g/mol. The first kappa shape index (κ1) is 11.4. The van der Waals surface area contributed by atoms with Crippen LogP contribution >= 0.6 is 11.3 Å². The van der Waals surface area contributed by atoms with Crippen LogP contribution in [0.4, 0.5) is 0 Å². The second-order valence-corrected chi connectivity index (χ2v) is 5.63. The van der Waals surface area contributed by atoms with Gasteiger partial charge in [0.1, 0.15) is 5.65 Å². The van der Waals surface area contributed by atoms with E-state index in [2.05, 4.69) is 76.8 Å². The molecule has 20 heavy (non-hydrogen) atoms. The van der Waals surface area contributed by atoms with Gasteiger partial charge in [-0.05, 0) is 35.1 Å². The molecule has 0 aliphatic carbocycles. The number of hydrogen-bond donors (Lipinski definition) is 0. The Bertz CT molecular complexity index is 901. The third kappa shape index (κ3) is 1.92. The molecule has 4 aromatic rings. The van der Waals surface area contributed by atoms with Gasteiger partial charge in [0.2, 0.25) is 0 Å². The van der Waals surface area contributed by atoms with Gasteiger partial charge in [0, 0.05) is 22.7 Å². The normalized spacial score (nSPS) is 11.8. The summed E-state index contributed by atoms with van der Waals surface area (Å²) in [6.07, 6.45) is 8.29. The number of pyridine rings is 1. The Morgan fingerprint density at radius 1 is 1.00 bits per heavy atom. The lowest BCUT2D eigenvalue weighted by atomic mass is 10.2. The van der Waals surface area contributed by atoms with Gasteiger partial charge in [-0.15, -0.1) is 11.3 Å². The Kier molecular flexibility index (Phi) is 2.64. The minimum Gasteiger partial charge on any atom is -0.306 e. The van der Waals surface area contributed by atoms with E-state index in [1.165, 1.54) is 15.6 Å². The highest BCUT2D eigenvalue weighted by Gasteiger charge is 2.03. The highest BCUT2D eigenvalue weighted by molar-refractivity contribution is 7.10. The minimum absolute atomic E-state index is 0.981. The van der Waals surface area contributed by atoms with Gasteiger partial charge in [-0.3, -0.25) is 0 Å². The number of rotatable bonds is 2. The fourth-order valence-corrected chi connectivity index (χ4v) is 2.98. The molecule has 0 amide bonds. The van der Waals surface area contributed by atoms with Crippen molar-refractivity contribution in [2.45, 2.75) is 0 Å². The van der Waals surface area contributed by atoms with E-state index in [1.807, 2.05) is 0 Å². The summed E-state index contributed by atoms with van der Waals surface area (Å²) in [4.78, 5) is 5.96. The number of aromatic nitrogens is 2. The summed E-state index contributed by atoms with van der Waals surface area (Å²) >= 11 is 1.73. The van der Waals surface area contributed by atoms with Gasteiger partial charge in [-0.25, -0.2) is 4.98 Å². The molecule has 0 fully saturated rings. The van der Waals surface area contributed by atoms with Crippen LogP contribution in [-0.2, 0) is 0 Å². The zero-order valence-electron chi connectivity index (χ0n) is 10.7. The highest BCUT2D eigenvalue weighted by Crippen LogP contribution is 2.20. The summed E-state index contributed by atoms with van der Waals surface area (Å²) in [5.41, 5.74) is 1.99. The zero-order valence-corrected chi connectivity index (χ0v) is 11.5. The third-order valence-electron chi connectivity index (χ3n) is 3.33. The average Bonchev–Trinajstić information content (AvgIpc) is 3.14. The van der Waals surface area contributed by atoms with E-state index in [9.17, 15) is 0 Å². The molecular formula is C17H12N2S. The maximum Gasteiger partial charge on any atom is 0.145 e. The maximum absolute atomic E-state index is 4.72. The molecule has 2 nitrogen and oxygen atoms in total. The van der Waals surface area contributed by atoms with Crippen LogP contribution < -0.4 is 0 Å². The van der Waals surface area contributed by atoms with Gasteiger partial charge in [0.05, 0.1) is 5.69 Å². The fraction of sp³-hybridized carbons (Fsp3) is 0. The van der Waals surface area contributed by atoms with Crippen LogP contribution in [0.15, 0.2) is 60.2 Å². The third-order valence-corrected chi connectivity index (χ3v) is 4.17. The van der Waals surface area contributed by atoms with E-state index in [-0.39, 0.29) is 0 Å². The van der Waals surface area contributed by atoms with Crippen LogP contribution in [0, 0.1) is 0 Å². The highest BCUT2D eigenvalue weighted by atomic mass is 32.1. The van der Waals surface area contributed by atoms with Gasteiger partial charge < -0.3 is 4.40 Å². The molecule has 96 valence electrons. The lowest BCUT2D eigenvalue weighted by Crippen LogP contribution is -1.83. The van der Waals surface area contributed by atoms with Crippen molar-refractivity contribution in [1.29, 1.82) is 0 Å². The van der Waals surface area contributed by atoms with Crippen molar-refractivity contribution in [3.05, 3.63) is 70.8 Å². The molecular weight excluding hydrogens is 264 g/mol. The van der Waals surface area contributed by atoms with E-state index in [1.54, 1.807) is 11.3 Å². The summed E-state index contributed by atoms with van der Waals surface area (Å²) in [6, 6.07) is 14.6. The zero-order chi connectivity index (χ0) is 13.4. The van der Waals surface area contributed by atoms with Crippen LogP contribution in [0.3, 0.4) is 0 Å². The van der Waals surface area contributed by atoms with Crippen molar-refractivity contribution >= 4 is 39.9 Å². The Morgan fingerprint density at radius 2 is 1.95 bits per heavy atom. The second-order valence-electron chi connectivity index (χ2n) is 4.65. The van der Waals surface area contributed by atoms with Crippen LogP contribution in [0.1, 0.15) is 10.6 Å². The van der Waals surface area contributed by atoms with E-state index in [0.717, 1.165) is 11.3 Å². The first-order chi connectivity index (χ1) is 9.90. The molecule has 3 aromatic heterocycles. The molecule has 0 N–H and O–H groups in total. The Labute approximate surface area is 120 Å². The first-order valence-electron chi connectivity index (χ1n) is 6.48. The number of thiophene rings is 1. The van der Waals surface area contributed by atoms with Crippen molar-refractivity contribution in [1.82, 2.24) is 9.38 Å². The minimum atomic E-state index is 0.981. The molecule has 0 spiro atoms. The average molecular weight is 276 g/mol. The van der Waals surface area contributed by atoms with Crippen LogP contribution in [0.2, 0.25) is 0 Å². The Hall–Kier alpha value is -2.39. The molecule has 0 bridgehead atoms. The molecule has 0 radical (unpaired) electrons. The number of hydrogen-bond acceptors (Lipinski definition) is 2. The predicted octanol–water partition coefficient (Wildman–Crippen LogP) is 4.72. The standard InChI is InChI=1S/C17H12N2S/c1-2-6-16-13(4-1)9-10-19-12-14(18-17(16)19)7-8-15-5-3-11-20-15/h1-12H/b8-7+. The van der Waals surface area contributed by atoms with E-state index < -0.39 is 0 Å². The molecule has 4 rings (SSSR count). The number of fused-ring (bicyclic) bond motifs is 3. The number of nitrogens with zero attached hydrogens (tertiary/aromatic N) is 2. The largest absolute Gasteiger partial charge is 0.306 e. The Morgan fingerprint density at radius 3 is 2.85 bits per heavy atom. The summed E-state index contributed by atoms with van der Waals surface area (Å²) in [7, 11) is 0. The molecule has 0 atom stereocenters.